The molecule has 6 nitrogen and oxygen atoms in total. The van der Waals surface area contributed by atoms with Gasteiger partial charge in [-0.15, -0.1) is 0 Å². The third kappa shape index (κ3) is 7.69. The first-order valence-electron chi connectivity index (χ1n) is 1.73. The molecule has 0 aromatic carbocycles. The molecule has 0 aliphatic rings. The number of aliphatic carboxylic acids is 1. The predicted octanol–water partition coefficient (Wildman–Crippen LogP) is -7.71. The van der Waals surface area contributed by atoms with Crippen molar-refractivity contribution >= 4 is 16.1 Å². The number of rotatable bonds is 2. The maximum Gasteiger partial charge on any atom is 1.00 e. The number of aliphatic hydroxyl groups is 1. The minimum absolute atomic E-state index is 0. The average molecular weight is 202 g/mol. The Balaban J connectivity index is -0.000000320. The zero-order valence-electron chi connectivity index (χ0n) is 6.05. The van der Waals surface area contributed by atoms with E-state index in [2.05, 4.69) is 0 Å². The van der Waals surface area contributed by atoms with E-state index in [-0.39, 0.29) is 59.1 Å². The zero-order valence-corrected chi connectivity index (χ0v) is 10.9. The van der Waals surface area contributed by atoms with E-state index in [1.54, 1.807) is 0 Å². The number of hydrogen-bond acceptors (Lipinski definition) is 4. The second kappa shape index (κ2) is 6.81. The molecule has 0 bridgehead atoms. The Hall–Kier alpha value is 1.34. The molecule has 0 saturated heterocycles. The fourth-order valence-electron chi connectivity index (χ4n) is 0.127. The SMILES string of the molecule is O=C(O)C(O)S(=O)(=O)O.[Na+].[Na+]. The van der Waals surface area contributed by atoms with Crippen molar-refractivity contribution in [3.8, 4) is 0 Å². The standard InChI is InChI=1S/C2H4O6S.2Na/c3-1(4)2(5)9(6,7)8;;/h2,5H,(H,3,4)(H,6,7,8);;/q;2*+1. The molecule has 3 N–H and O–H groups in total. The molecule has 0 spiro atoms. The van der Waals surface area contributed by atoms with Crippen LogP contribution in [-0.4, -0.2) is 34.6 Å². The molecule has 0 aliphatic carbocycles. The van der Waals surface area contributed by atoms with Gasteiger partial charge in [-0.25, -0.2) is 4.79 Å². The van der Waals surface area contributed by atoms with E-state index in [0.717, 1.165) is 0 Å². The quantitative estimate of drug-likeness (QED) is 0.303. The maximum atomic E-state index is 9.70. The largest absolute Gasteiger partial charge is 1.00 e. The molecule has 0 heterocycles. The Kier molecular flexibility index (Phi) is 11.3. The second-order valence-electron chi connectivity index (χ2n) is 1.21. The number of carboxylic acid groups (broad SMARTS) is 1. The molecule has 0 saturated carbocycles. The Morgan fingerprint density at radius 2 is 1.55 bits per heavy atom. The van der Waals surface area contributed by atoms with Gasteiger partial charge in [0.05, 0.1) is 0 Å². The molecule has 0 amide bonds. The van der Waals surface area contributed by atoms with Gasteiger partial charge in [0.15, 0.2) is 0 Å². The van der Waals surface area contributed by atoms with E-state index in [4.69, 9.17) is 14.8 Å². The van der Waals surface area contributed by atoms with E-state index in [9.17, 15) is 13.2 Å². The molecule has 54 valence electrons. The Bertz CT molecular complexity index is 209. The molecule has 9 heteroatoms. The van der Waals surface area contributed by atoms with Crippen molar-refractivity contribution in [3.05, 3.63) is 0 Å². The van der Waals surface area contributed by atoms with Crippen LogP contribution in [0, 0.1) is 0 Å². The summed E-state index contributed by atoms with van der Waals surface area (Å²) in [5.41, 5.74) is -2.74. The predicted molar refractivity (Wildman–Crippen MR) is 25.2 cm³/mol. The van der Waals surface area contributed by atoms with Gasteiger partial charge in [0.1, 0.15) is 0 Å². The van der Waals surface area contributed by atoms with Gasteiger partial charge in [0.2, 0.25) is 0 Å². The first-order chi connectivity index (χ1) is 3.85. The number of carboxylic acids is 1. The van der Waals surface area contributed by atoms with Crippen LogP contribution < -0.4 is 59.1 Å². The van der Waals surface area contributed by atoms with Gasteiger partial charge in [0, 0.05) is 0 Å². The molecular formula is C2H4Na2O6S+2. The summed E-state index contributed by atoms with van der Waals surface area (Å²) < 4.78 is 27.2. The van der Waals surface area contributed by atoms with Crippen molar-refractivity contribution in [2.24, 2.45) is 0 Å². The Morgan fingerprint density at radius 1 is 1.27 bits per heavy atom. The minimum atomic E-state index is -4.85. The number of carbonyl (C=O) groups is 1. The first-order valence-corrected chi connectivity index (χ1v) is 3.23. The van der Waals surface area contributed by atoms with Gasteiger partial charge in [-0.05, 0) is 0 Å². The van der Waals surface area contributed by atoms with Crippen molar-refractivity contribution in [2.75, 3.05) is 0 Å². The molecule has 0 fully saturated rings. The Labute approximate surface area is 107 Å². The van der Waals surface area contributed by atoms with Crippen LogP contribution in [0.5, 0.6) is 0 Å². The maximum absolute atomic E-state index is 9.70. The second-order valence-corrected chi connectivity index (χ2v) is 2.68. The summed E-state index contributed by atoms with van der Waals surface area (Å²) >= 11 is 0. The number of hydrogen-bond donors (Lipinski definition) is 3. The van der Waals surface area contributed by atoms with Gasteiger partial charge in [-0.1, -0.05) is 0 Å². The van der Waals surface area contributed by atoms with Gasteiger partial charge in [0.25, 0.3) is 5.44 Å². The van der Waals surface area contributed by atoms with Gasteiger partial charge < -0.3 is 10.2 Å². The van der Waals surface area contributed by atoms with Gasteiger partial charge in [-0.3, -0.25) is 4.55 Å². The fourth-order valence-corrected chi connectivity index (χ4v) is 0.382. The molecule has 0 aromatic rings. The monoisotopic (exact) mass is 202 g/mol. The topological polar surface area (TPSA) is 112 Å². The first kappa shape index (κ1) is 18.2. The molecule has 1 atom stereocenters. The molecule has 0 rings (SSSR count). The van der Waals surface area contributed by atoms with Crippen LogP contribution in [0.15, 0.2) is 0 Å². The van der Waals surface area contributed by atoms with Crippen LogP contribution >= 0.6 is 0 Å². The van der Waals surface area contributed by atoms with Crippen LogP contribution in [0.2, 0.25) is 0 Å². The summed E-state index contributed by atoms with van der Waals surface area (Å²) in [7, 11) is -4.85. The zero-order chi connectivity index (χ0) is 7.65. The third-order valence-corrected chi connectivity index (χ3v) is 1.26. The molecular weight excluding hydrogens is 198 g/mol. The van der Waals surface area contributed by atoms with Crippen molar-refractivity contribution in [3.63, 3.8) is 0 Å². The van der Waals surface area contributed by atoms with E-state index >= 15 is 0 Å². The summed E-state index contributed by atoms with van der Waals surface area (Å²) in [6.45, 7) is 0. The van der Waals surface area contributed by atoms with Crippen molar-refractivity contribution in [1.29, 1.82) is 0 Å². The molecule has 11 heavy (non-hydrogen) atoms. The van der Waals surface area contributed by atoms with Crippen molar-refractivity contribution < 1.29 is 87.1 Å². The summed E-state index contributed by atoms with van der Waals surface area (Å²) in [4.78, 5) is 9.56. The van der Waals surface area contributed by atoms with Crippen LogP contribution in [0.1, 0.15) is 0 Å². The van der Waals surface area contributed by atoms with Gasteiger partial charge in [-0.2, -0.15) is 8.42 Å². The van der Waals surface area contributed by atoms with Crippen molar-refractivity contribution in [1.82, 2.24) is 0 Å². The number of aliphatic hydroxyl groups excluding tert-OH is 1. The van der Waals surface area contributed by atoms with Crippen molar-refractivity contribution in [2.45, 2.75) is 5.44 Å². The molecule has 0 radical (unpaired) electrons. The van der Waals surface area contributed by atoms with E-state index in [1.807, 2.05) is 0 Å². The summed E-state index contributed by atoms with van der Waals surface area (Å²) in [5, 5.41) is 15.8. The fraction of sp³-hybridized carbons (Fsp3) is 0.500. The smallest absolute Gasteiger partial charge is 0.478 e. The van der Waals surface area contributed by atoms with E-state index < -0.39 is 21.5 Å². The average Bonchev–Trinajstić information content (AvgIpc) is 1.62. The summed E-state index contributed by atoms with van der Waals surface area (Å²) in [6, 6.07) is 0. The van der Waals surface area contributed by atoms with Crippen LogP contribution in [0.3, 0.4) is 0 Å². The minimum Gasteiger partial charge on any atom is -0.478 e. The van der Waals surface area contributed by atoms with E-state index in [0.29, 0.717) is 0 Å². The van der Waals surface area contributed by atoms with E-state index in [1.165, 1.54) is 0 Å². The molecule has 0 aliphatic heterocycles. The molecule has 1 unspecified atom stereocenters. The van der Waals surface area contributed by atoms with Crippen LogP contribution in [0.25, 0.3) is 0 Å². The summed E-state index contributed by atoms with van der Waals surface area (Å²) in [5.74, 6) is -2.00. The Morgan fingerprint density at radius 3 is 1.55 bits per heavy atom. The third-order valence-electron chi connectivity index (χ3n) is 0.493. The van der Waals surface area contributed by atoms with Crippen LogP contribution in [0.4, 0.5) is 0 Å². The summed E-state index contributed by atoms with van der Waals surface area (Å²) in [6.07, 6.45) is 0. The van der Waals surface area contributed by atoms with Crippen LogP contribution in [-0.2, 0) is 14.9 Å². The molecule has 0 aromatic heterocycles. The van der Waals surface area contributed by atoms with Gasteiger partial charge >= 0.3 is 75.2 Å². The normalized spacial score (nSPS) is 12.2.